The third-order valence-corrected chi connectivity index (χ3v) is 2.47. The first-order valence-electron chi connectivity index (χ1n) is 4.15. The highest BCUT2D eigenvalue weighted by molar-refractivity contribution is 9.09. The lowest BCUT2D eigenvalue weighted by Gasteiger charge is -2.03. The molecule has 0 N–H and O–H groups in total. The maximum atomic E-state index is 13.2. The minimum Gasteiger partial charge on any atom is -0.207 e. The lowest BCUT2D eigenvalue weighted by Crippen LogP contribution is -1.95. The van der Waals surface area contributed by atoms with Crippen LogP contribution in [0.1, 0.15) is 17.5 Å². The first-order chi connectivity index (χ1) is 6.15. The standard InChI is InChI=1S/C10H11BrF2/c1-7-5-10(13)8(3-2-4-11)6-9(7)12/h5-6H,2-4H2,1H3. The van der Waals surface area contributed by atoms with E-state index >= 15 is 0 Å². The lowest BCUT2D eigenvalue weighted by molar-refractivity contribution is 0.577. The molecule has 0 bridgehead atoms. The van der Waals surface area contributed by atoms with E-state index in [4.69, 9.17) is 0 Å². The molecule has 0 saturated carbocycles. The number of rotatable bonds is 3. The van der Waals surface area contributed by atoms with Crippen LogP contribution in [0.25, 0.3) is 0 Å². The third kappa shape index (κ3) is 2.76. The van der Waals surface area contributed by atoms with Gasteiger partial charge in [-0.15, -0.1) is 0 Å². The maximum absolute atomic E-state index is 13.2. The summed E-state index contributed by atoms with van der Waals surface area (Å²) in [6, 6.07) is 2.53. The molecule has 0 aromatic heterocycles. The molecule has 72 valence electrons. The molecule has 0 radical (unpaired) electrons. The minimum absolute atomic E-state index is 0.306. The molecule has 0 unspecified atom stereocenters. The van der Waals surface area contributed by atoms with Crippen molar-refractivity contribution in [3.63, 3.8) is 0 Å². The summed E-state index contributed by atoms with van der Waals surface area (Å²) >= 11 is 3.25. The Morgan fingerprint density at radius 2 is 1.92 bits per heavy atom. The molecule has 0 fully saturated rings. The summed E-state index contributed by atoms with van der Waals surface area (Å²) in [5.74, 6) is -0.633. The van der Waals surface area contributed by atoms with Gasteiger partial charge in [-0.25, -0.2) is 8.78 Å². The Morgan fingerprint density at radius 1 is 1.23 bits per heavy atom. The molecule has 3 heteroatoms. The SMILES string of the molecule is Cc1cc(F)c(CCCBr)cc1F. The smallest absolute Gasteiger partial charge is 0.126 e. The van der Waals surface area contributed by atoms with Gasteiger partial charge in [-0.3, -0.25) is 0 Å². The van der Waals surface area contributed by atoms with Crippen LogP contribution in [0.3, 0.4) is 0 Å². The summed E-state index contributed by atoms with van der Waals surface area (Å²) in [6.45, 7) is 1.56. The quantitative estimate of drug-likeness (QED) is 0.718. The van der Waals surface area contributed by atoms with Crippen LogP contribution in [-0.4, -0.2) is 5.33 Å². The maximum Gasteiger partial charge on any atom is 0.126 e. The van der Waals surface area contributed by atoms with Crippen LogP contribution in [0, 0.1) is 18.6 Å². The van der Waals surface area contributed by atoms with Gasteiger partial charge in [-0.1, -0.05) is 15.9 Å². The van der Waals surface area contributed by atoms with E-state index in [2.05, 4.69) is 15.9 Å². The highest BCUT2D eigenvalue weighted by atomic mass is 79.9. The normalized spacial score (nSPS) is 10.5. The summed E-state index contributed by atoms with van der Waals surface area (Å²) in [6.07, 6.45) is 1.40. The van der Waals surface area contributed by atoms with Gasteiger partial charge in [0, 0.05) is 5.33 Å². The second-order valence-corrected chi connectivity index (χ2v) is 3.78. The number of hydrogen-bond donors (Lipinski definition) is 0. The van der Waals surface area contributed by atoms with Crippen LogP contribution in [0.4, 0.5) is 8.78 Å². The number of aryl methyl sites for hydroxylation is 2. The van der Waals surface area contributed by atoms with Gasteiger partial charge in [-0.2, -0.15) is 0 Å². The zero-order chi connectivity index (χ0) is 9.84. The van der Waals surface area contributed by atoms with Crippen molar-refractivity contribution in [1.82, 2.24) is 0 Å². The first-order valence-corrected chi connectivity index (χ1v) is 5.27. The van der Waals surface area contributed by atoms with E-state index in [-0.39, 0.29) is 11.6 Å². The van der Waals surface area contributed by atoms with E-state index in [1.165, 1.54) is 12.1 Å². The summed E-state index contributed by atoms with van der Waals surface area (Å²) in [5.41, 5.74) is 0.822. The zero-order valence-electron chi connectivity index (χ0n) is 7.41. The second kappa shape index (κ2) is 4.70. The van der Waals surface area contributed by atoms with Crippen LogP contribution < -0.4 is 0 Å². The van der Waals surface area contributed by atoms with Gasteiger partial charge in [0.1, 0.15) is 11.6 Å². The van der Waals surface area contributed by atoms with Crippen LogP contribution >= 0.6 is 15.9 Å². The number of halogens is 3. The van der Waals surface area contributed by atoms with Gasteiger partial charge in [0.2, 0.25) is 0 Å². The highest BCUT2D eigenvalue weighted by Crippen LogP contribution is 2.15. The fraction of sp³-hybridized carbons (Fsp3) is 0.400. The molecule has 0 amide bonds. The van der Waals surface area contributed by atoms with E-state index < -0.39 is 0 Å². The fourth-order valence-electron chi connectivity index (χ4n) is 1.14. The Hall–Kier alpha value is -0.440. The van der Waals surface area contributed by atoms with Gasteiger partial charge in [0.25, 0.3) is 0 Å². The molecule has 0 nitrogen and oxygen atoms in total. The monoisotopic (exact) mass is 248 g/mol. The van der Waals surface area contributed by atoms with Crippen LogP contribution in [0.2, 0.25) is 0 Å². The van der Waals surface area contributed by atoms with Gasteiger partial charge >= 0.3 is 0 Å². The Balaban J connectivity index is 2.88. The van der Waals surface area contributed by atoms with Crippen molar-refractivity contribution in [2.24, 2.45) is 0 Å². The number of hydrogen-bond acceptors (Lipinski definition) is 0. The molecule has 1 aromatic rings. The summed E-state index contributed by atoms with van der Waals surface area (Å²) in [5, 5.41) is 0.807. The van der Waals surface area contributed by atoms with Crippen molar-refractivity contribution in [2.45, 2.75) is 19.8 Å². The fourth-order valence-corrected chi connectivity index (χ4v) is 1.42. The molecule has 0 aliphatic rings. The van der Waals surface area contributed by atoms with Gasteiger partial charge in [0.05, 0.1) is 0 Å². The van der Waals surface area contributed by atoms with Crippen molar-refractivity contribution in [3.05, 3.63) is 34.9 Å². The zero-order valence-corrected chi connectivity index (χ0v) is 9.00. The van der Waals surface area contributed by atoms with Crippen molar-refractivity contribution >= 4 is 15.9 Å². The highest BCUT2D eigenvalue weighted by Gasteiger charge is 2.06. The van der Waals surface area contributed by atoms with Gasteiger partial charge in [-0.05, 0) is 43.0 Å². The van der Waals surface area contributed by atoms with Gasteiger partial charge in [0.15, 0.2) is 0 Å². The lowest BCUT2D eigenvalue weighted by atomic mass is 10.1. The molecule has 0 spiro atoms. The van der Waals surface area contributed by atoms with E-state index in [0.29, 0.717) is 17.5 Å². The molecule has 0 aliphatic heterocycles. The number of benzene rings is 1. The Labute approximate surface area is 85.1 Å². The van der Waals surface area contributed by atoms with Crippen molar-refractivity contribution in [3.8, 4) is 0 Å². The molecule has 13 heavy (non-hydrogen) atoms. The number of alkyl halides is 1. The van der Waals surface area contributed by atoms with E-state index in [0.717, 1.165) is 11.8 Å². The first kappa shape index (κ1) is 10.6. The Kier molecular flexibility index (Phi) is 3.85. The molecule has 0 aliphatic carbocycles. The molecular weight excluding hydrogens is 238 g/mol. The molecule has 0 heterocycles. The topological polar surface area (TPSA) is 0 Å². The largest absolute Gasteiger partial charge is 0.207 e. The van der Waals surface area contributed by atoms with Crippen molar-refractivity contribution < 1.29 is 8.78 Å². The summed E-state index contributed by atoms with van der Waals surface area (Å²) in [7, 11) is 0. The summed E-state index contributed by atoms with van der Waals surface area (Å²) in [4.78, 5) is 0. The van der Waals surface area contributed by atoms with Crippen molar-refractivity contribution in [1.29, 1.82) is 0 Å². The van der Waals surface area contributed by atoms with Crippen LogP contribution in [0.15, 0.2) is 12.1 Å². The van der Waals surface area contributed by atoms with Gasteiger partial charge < -0.3 is 0 Å². The predicted octanol–water partition coefficient (Wildman–Crippen LogP) is 3.60. The average molecular weight is 249 g/mol. The molecule has 0 saturated heterocycles. The Bertz CT molecular complexity index is 297. The minimum atomic E-state index is -0.328. The second-order valence-electron chi connectivity index (χ2n) is 2.99. The van der Waals surface area contributed by atoms with E-state index in [9.17, 15) is 8.78 Å². The average Bonchev–Trinajstić information content (AvgIpc) is 2.09. The molecule has 1 aromatic carbocycles. The summed E-state index contributed by atoms with van der Waals surface area (Å²) < 4.78 is 26.2. The molecular formula is C10H11BrF2. The molecule has 1 rings (SSSR count). The van der Waals surface area contributed by atoms with Crippen LogP contribution in [0.5, 0.6) is 0 Å². The van der Waals surface area contributed by atoms with E-state index in [1.54, 1.807) is 6.92 Å². The van der Waals surface area contributed by atoms with Crippen molar-refractivity contribution in [2.75, 3.05) is 5.33 Å². The third-order valence-electron chi connectivity index (χ3n) is 1.91. The van der Waals surface area contributed by atoms with E-state index in [1.807, 2.05) is 0 Å². The Morgan fingerprint density at radius 3 is 2.54 bits per heavy atom. The van der Waals surface area contributed by atoms with Crippen LogP contribution in [-0.2, 0) is 6.42 Å². The molecule has 0 atom stereocenters. The predicted molar refractivity (Wildman–Crippen MR) is 53.2 cm³/mol.